The second-order valence-corrected chi connectivity index (χ2v) is 8.22. The maximum atomic E-state index is 13.0. The summed E-state index contributed by atoms with van der Waals surface area (Å²) >= 11 is 1.68. The highest BCUT2D eigenvalue weighted by atomic mass is 32.2. The van der Waals surface area contributed by atoms with E-state index in [-0.39, 0.29) is 11.8 Å². The summed E-state index contributed by atoms with van der Waals surface area (Å²) in [7, 11) is 3.40. The van der Waals surface area contributed by atoms with Crippen molar-refractivity contribution >= 4 is 23.6 Å². The summed E-state index contributed by atoms with van der Waals surface area (Å²) in [6.07, 6.45) is 8.84. The Labute approximate surface area is 167 Å². The fourth-order valence-corrected chi connectivity index (χ4v) is 4.15. The van der Waals surface area contributed by atoms with Crippen molar-refractivity contribution in [1.29, 1.82) is 0 Å². The van der Waals surface area contributed by atoms with Crippen molar-refractivity contribution < 1.29 is 14.3 Å². The molecule has 1 N–H and O–H groups in total. The summed E-state index contributed by atoms with van der Waals surface area (Å²) in [5.41, 5.74) is 0.455. The number of hydrogen-bond donors (Lipinski definition) is 1. The Balaban J connectivity index is 2.04. The lowest BCUT2D eigenvalue weighted by atomic mass is 9.89. The summed E-state index contributed by atoms with van der Waals surface area (Å²) < 4.78 is 5.28. The molecule has 1 saturated carbocycles. The number of methoxy groups -OCH3 is 1. The largest absolute Gasteiger partial charge is 0.496 e. The summed E-state index contributed by atoms with van der Waals surface area (Å²) in [5.74, 6) is 1.65. The standard InChI is InChI=1S/C21H32N2O3S/c1-23(15-16-9-5-4-6-10-16)21(25)18(13-14-27-3)22-20(24)17-11-7-8-12-19(17)26-2/h7-8,11-12,16,18H,4-6,9-10,13-15H2,1-3H3,(H,22,24). The van der Waals surface area contributed by atoms with Gasteiger partial charge in [-0.15, -0.1) is 0 Å². The number of para-hydroxylation sites is 1. The molecular formula is C21H32N2O3S. The Bertz CT molecular complexity index is 617. The first-order chi connectivity index (χ1) is 13.1. The van der Waals surface area contributed by atoms with Crippen molar-refractivity contribution in [2.45, 2.75) is 44.6 Å². The zero-order chi connectivity index (χ0) is 19.6. The predicted octanol–water partition coefficient (Wildman–Crippen LogP) is 3.59. The van der Waals surface area contributed by atoms with Crippen LogP contribution in [-0.2, 0) is 4.79 Å². The van der Waals surface area contributed by atoms with Crippen LogP contribution in [0.4, 0.5) is 0 Å². The van der Waals surface area contributed by atoms with Crippen LogP contribution in [0.5, 0.6) is 5.75 Å². The van der Waals surface area contributed by atoms with Crippen LogP contribution in [0, 0.1) is 5.92 Å². The van der Waals surface area contributed by atoms with Gasteiger partial charge in [-0.05, 0) is 49.3 Å². The van der Waals surface area contributed by atoms with Crippen LogP contribution < -0.4 is 10.1 Å². The van der Waals surface area contributed by atoms with Gasteiger partial charge in [0.05, 0.1) is 12.7 Å². The number of thioether (sulfide) groups is 1. The Hall–Kier alpha value is -1.69. The molecule has 0 aliphatic heterocycles. The highest BCUT2D eigenvalue weighted by Crippen LogP contribution is 2.24. The first-order valence-electron chi connectivity index (χ1n) is 9.74. The third-order valence-corrected chi connectivity index (χ3v) is 5.84. The Morgan fingerprint density at radius 1 is 1.26 bits per heavy atom. The van der Waals surface area contributed by atoms with E-state index in [1.54, 1.807) is 37.1 Å². The van der Waals surface area contributed by atoms with Crippen LogP contribution in [0.15, 0.2) is 24.3 Å². The molecule has 1 aliphatic rings. The average Bonchev–Trinajstić information content (AvgIpc) is 2.71. The quantitative estimate of drug-likeness (QED) is 0.698. The summed E-state index contributed by atoms with van der Waals surface area (Å²) in [5, 5.41) is 2.94. The molecule has 5 nitrogen and oxygen atoms in total. The number of ether oxygens (including phenoxy) is 1. The number of nitrogens with zero attached hydrogens (tertiary/aromatic N) is 1. The van der Waals surface area contributed by atoms with Gasteiger partial charge in [-0.3, -0.25) is 9.59 Å². The van der Waals surface area contributed by atoms with Crippen LogP contribution >= 0.6 is 11.8 Å². The average molecular weight is 393 g/mol. The fraction of sp³-hybridized carbons (Fsp3) is 0.619. The van der Waals surface area contributed by atoms with E-state index in [0.717, 1.165) is 12.3 Å². The first-order valence-corrected chi connectivity index (χ1v) is 11.1. The van der Waals surface area contributed by atoms with E-state index < -0.39 is 6.04 Å². The molecule has 0 aromatic heterocycles. The van der Waals surface area contributed by atoms with Gasteiger partial charge in [0, 0.05) is 13.6 Å². The maximum Gasteiger partial charge on any atom is 0.255 e. The number of nitrogens with one attached hydrogen (secondary N) is 1. The SMILES string of the molecule is COc1ccccc1C(=O)NC(CCSC)C(=O)N(C)CC1CCCCC1. The van der Waals surface area contributed by atoms with E-state index in [9.17, 15) is 9.59 Å². The predicted molar refractivity (Wildman–Crippen MR) is 111 cm³/mol. The van der Waals surface area contributed by atoms with Gasteiger partial charge in [-0.2, -0.15) is 11.8 Å². The molecule has 6 heteroatoms. The monoisotopic (exact) mass is 392 g/mol. The number of benzene rings is 1. The van der Waals surface area contributed by atoms with Crippen LogP contribution in [0.25, 0.3) is 0 Å². The molecule has 2 amide bonds. The minimum atomic E-state index is -0.511. The van der Waals surface area contributed by atoms with E-state index in [1.807, 2.05) is 24.3 Å². The van der Waals surface area contributed by atoms with Crippen molar-refractivity contribution in [2.75, 3.05) is 32.7 Å². The molecule has 1 aliphatic carbocycles. The molecule has 1 aromatic carbocycles. The van der Waals surface area contributed by atoms with Crippen LogP contribution in [-0.4, -0.2) is 55.5 Å². The highest BCUT2D eigenvalue weighted by molar-refractivity contribution is 7.98. The van der Waals surface area contributed by atoms with Gasteiger partial charge in [0.1, 0.15) is 11.8 Å². The van der Waals surface area contributed by atoms with Crippen molar-refractivity contribution in [3.63, 3.8) is 0 Å². The second-order valence-electron chi connectivity index (χ2n) is 7.23. The zero-order valence-corrected chi connectivity index (χ0v) is 17.5. The molecule has 1 fully saturated rings. The van der Waals surface area contributed by atoms with Crippen LogP contribution in [0.2, 0.25) is 0 Å². The lowest BCUT2D eigenvalue weighted by Gasteiger charge is -2.30. The van der Waals surface area contributed by atoms with Crippen molar-refractivity contribution in [3.8, 4) is 5.75 Å². The number of likely N-dealkylation sites (N-methyl/N-ethyl adjacent to an activating group) is 1. The molecule has 0 bridgehead atoms. The normalized spacial score (nSPS) is 15.8. The van der Waals surface area contributed by atoms with Gasteiger partial charge >= 0.3 is 0 Å². The van der Waals surface area contributed by atoms with Crippen molar-refractivity contribution in [2.24, 2.45) is 5.92 Å². The van der Waals surface area contributed by atoms with E-state index in [0.29, 0.717) is 23.7 Å². The third kappa shape index (κ3) is 6.45. The molecule has 0 spiro atoms. The third-order valence-electron chi connectivity index (χ3n) is 5.20. The molecule has 1 atom stereocenters. The van der Waals surface area contributed by atoms with Gasteiger partial charge in [0.2, 0.25) is 5.91 Å². The van der Waals surface area contributed by atoms with Gasteiger partial charge in [0.15, 0.2) is 0 Å². The topological polar surface area (TPSA) is 58.6 Å². The number of hydrogen-bond acceptors (Lipinski definition) is 4. The zero-order valence-electron chi connectivity index (χ0n) is 16.7. The lowest BCUT2D eigenvalue weighted by Crippen LogP contribution is -2.48. The first kappa shape index (κ1) is 21.6. The lowest BCUT2D eigenvalue weighted by molar-refractivity contribution is -0.132. The van der Waals surface area contributed by atoms with Gasteiger partial charge in [-0.1, -0.05) is 31.4 Å². The minimum Gasteiger partial charge on any atom is -0.496 e. The van der Waals surface area contributed by atoms with E-state index in [1.165, 1.54) is 32.1 Å². The smallest absolute Gasteiger partial charge is 0.255 e. The molecule has 27 heavy (non-hydrogen) atoms. The molecule has 1 aromatic rings. The summed E-state index contributed by atoms with van der Waals surface area (Å²) in [6, 6.07) is 6.58. The van der Waals surface area contributed by atoms with Crippen molar-refractivity contribution in [3.05, 3.63) is 29.8 Å². The summed E-state index contributed by atoms with van der Waals surface area (Å²) in [6.45, 7) is 0.777. The Morgan fingerprint density at radius 3 is 2.63 bits per heavy atom. The number of amides is 2. The van der Waals surface area contributed by atoms with Crippen LogP contribution in [0.1, 0.15) is 48.9 Å². The van der Waals surface area contributed by atoms with E-state index >= 15 is 0 Å². The molecule has 1 unspecified atom stereocenters. The molecule has 0 saturated heterocycles. The van der Waals surface area contributed by atoms with Gasteiger partial charge in [-0.25, -0.2) is 0 Å². The molecule has 0 radical (unpaired) electrons. The number of carbonyl (C=O) groups is 2. The molecular weight excluding hydrogens is 360 g/mol. The van der Waals surface area contributed by atoms with Crippen LogP contribution in [0.3, 0.4) is 0 Å². The second kappa shape index (κ2) is 11.2. The van der Waals surface area contributed by atoms with E-state index in [2.05, 4.69) is 5.32 Å². The van der Waals surface area contributed by atoms with Crippen molar-refractivity contribution in [1.82, 2.24) is 10.2 Å². The Kier molecular flexibility index (Phi) is 8.98. The molecule has 0 heterocycles. The number of rotatable bonds is 9. The molecule has 150 valence electrons. The van der Waals surface area contributed by atoms with E-state index in [4.69, 9.17) is 4.74 Å². The Morgan fingerprint density at radius 2 is 1.96 bits per heavy atom. The number of carbonyl (C=O) groups excluding carboxylic acids is 2. The minimum absolute atomic E-state index is 0.00197. The van der Waals surface area contributed by atoms with Gasteiger partial charge < -0.3 is 15.0 Å². The summed E-state index contributed by atoms with van der Waals surface area (Å²) in [4.78, 5) is 27.6. The molecule has 2 rings (SSSR count). The fourth-order valence-electron chi connectivity index (χ4n) is 3.67. The maximum absolute atomic E-state index is 13.0. The highest BCUT2D eigenvalue weighted by Gasteiger charge is 2.27. The van der Waals surface area contributed by atoms with Gasteiger partial charge in [0.25, 0.3) is 5.91 Å².